The molecular formula is C23H20N2O3. The van der Waals surface area contributed by atoms with E-state index < -0.39 is 11.8 Å². The molecule has 0 aliphatic heterocycles. The van der Waals surface area contributed by atoms with Gasteiger partial charge < -0.3 is 4.74 Å². The Balaban J connectivity index is 1.86. The average molecular weight is 372 g/mol. The maximum absolute atomic E-state index is 12.8. The number of para-hydroxylation sites is 1. The molecule has 0 atom stereocenters. The topological polar surface area (TPSA) is 67.4 Å². The van der Waals surface area contributed by atoms with Crippen molar-refractivity contribution in [3.05, 3.63) is 102 Å². The van der Waals surface area contributed by atoms with E-state index in [-0.39, 0.29) is 0 Å². The molecule has 5 heteroatoms. The maximum Gasteiger partial charge on any atom is 0.270 e. The van der Waals surface area contributed by atoms with Crippen LogP contribution in [0.2, 0.25) is 0 Å². The molecule has 3 aromatic rings. The second-order valence-electron chi connectivity index (χ2n) is 5.94. The molecule has 0 saturated carbocycles. The monoisotopic (exact) mass is 372 g/mol. The largest absolute Gasteiger partial charge is 0.496 e. The lowest BCUT2D eigenvalue weighted by atomic mass is 10.0. The van der Waals surface area contributed by atoms with Gasteiger partial charge in [-0.05, 0) is 29.8 Å². The van der Waals surface area contributed by atoms with Gasteiger partial charge in [-0.2, -0.15) is 0 Å². The molecule has 0 unspecified atom stereocenters. The molecule has 0 bridgehead atoms. The van der Waals surface area contributed by atoms with E-state index in [1.54, 1.807) is 37.5 Å². The molecule has 2 N–H and O–H groups in total. The normalized spacial score (nSPS) is 10.8. The second-order valence-corrected chi connectivity index (χ2v) is 5.94. The maximum atomic E-state index is 12.8. The Bertz CT molecular complexity index is 983. The fraction of sp³-hybridized carbons (Fsp3) is 0.0435. The van der Waals surface area contributed by atoms with Gasteiger partial charge in [0.1, 0.15) is 5.75 Å². The fourth-order valence-electron chi connectivity index (χ4n) is 2.68. The Labute approximate surface area is 163 Å². The van der Waals surface area contributed by atoms with Crippen LogP contribution >= 0.6 is 0 Å². The van der Waals surface area contributed by atoms with Crippen LogP contribution in [-0.2, 0) is 4.79 Å². The fourth-order valence-corrected chi connectivity index (χ4v) is 2.68. The SMILES string of the molecule is COc1ccccc1/C=C(/C(=O)NNC(=O)c1ccccc1)c1ccccc1. The number of amides is 2. The summed E-state index contributed by atoms with van der Waals surface area (Å²) in [4.78, 5) is 25.1. The average Bonchev–Trinajstić information content (AvgIpc) is 2.77. The van der Waals surface area contributed by atoms with Gasteiger partial charge in [0.25, 0.3) is 11.8 Å². The molecule has 0 aliphatic rings. The van der Waals surface area contributed by atoms with Crippen LogP contribution < -0.4 is 15.6 Å². The first-order chi connectivity index (χ1) is 13.7. The van der Waals surface area contributed by atoms with E-state index >= 15 is 0 Å². The van der Waals surface area contributed by atoms with Gasteiger partial charge in [0.2, 0.25) is 0 Å². The predicted molar refractivity (Wildman–Crippen MR) is 109 cm³/mol. The Kier molecular flexibility index (Phi) is 6.21. The predicted octanol–water partition coefficient (Wildman–Crippen LogP) is 3.70. The van der Waals surface area contributed by atoms with Gasteiger partial charge in [-0.25, -0.2) is 0 Å². The number of hydrogen-bond acceptors (Lipinski definition) is 3. The van der Waals surface area contributed by atoms with E-state index in [2.05, 4.69) is 10.9 Å². The Morgan fingerprint density at radius 2 is 1.32 bits per heavy atom. The molecular weight excluding hydrogens is 352 g/mol. The van der Waals surface area contributed by atoms with Gasteiger partial charge in [-0.3, -0.25) is 20.4 Å². The highest BCUT2D eigenvalue weighted by molar-refractivity contribution is 6.24. The number of rotatable bonds is 5. The van der Waals surface area contributed by atoms with Gasteiger partial charge in [-0.1, -0.05) is 66.7 Å². The number of methoxy groups -OCH3 is 1. The summed E-state index contributed by atoms with van der Waals surface area (Å²) in [5.41, 5.74) is 7.28. The third kappa shape index (κ3) is 4.65. The molecule has 0 fully saturated rings. The van der Waals surface area contributed by atoms with Crippen molar-refractivity contribution >= 4 is 23.5 Å². The minimum Gasteiger partial charge on any atom is -0.496 e. The lowest BCUT2D eigenvalue weighted by molar-refractivity contribution is -0.116. The smallest absolute Gasteiger partial charge is 0.270 e. The van der Waals surface area contributed by atoms with E-state index in [9.17, 15) is 9.59 Å². The molecule has 2 amide bonds. The van der Waals surface area contributed by atoms with Gasteiger partial charge in [0.05, 0.1) is 7.11 Å². The highest BCUT2D eigenvalue weighted by Crippen LogP contribution is 2.24. The molecule has 0 saturated heterocycles. The van der Waals surface area contributed by atoms with Crippen LogP contribution in [-0.4, -0.2) is 18.9 Å². The molecule has 0 aliphatic carbocycles. The zero-order valence-corrected chi connectivity index (χ0v) is 15.4. The van der Waals surface area contributed by atoms with Gasteiger partial charge in [-0.15, -0.1) is 0 Å². The van der Waals surface area contributed by atoms with Crippen LogP contribution in [0.4, 0.5) is 0 Å². The van der Waals surface area contributed by atoms with Crippen molar-refractivity contribution in [1.29, 1.82) is 0 Å². The Morgan fingerprint density at radius 1 is 0.750 bits per heavy atom. The Hall–Kier alpha value is -3.86. The number of carbonyl (C=O) groups is 2. The van der Waals surface area contributed by atoms with Crippen LogP contribution in [0.25, 0.3) is 11.6 Å². The summed E-state index contributed by atoms with van der Waals surface area (Å²) in [5, 5.41) is 0. The van der Waals surface area contributed by atoms with Crippen molar-refractivity contribution in [2.45, 2.75) is 0 Å². The third-order valence-corrected chi connectivity index (χ3v) is 4.09. The molecule has 0 spiro atoms. The number of benzene rings is 3. The summed E-state index contributed by atoms with van der Waals surface area (Å²) in [7, 11) is 1.58. The van der Waals surface area contributed by atoms with E-state index in [1.807, 2.05) is 60.7 Å². The van der Waals surface area contributed by atoms with Gasteiger partial charge in [0, 0.05) is 16.7 Å². The van der Waals surface area contributed by atoms with E-state index in [4.69, 9.17) is 4.74 Å². The zero-order chi connectivity index (χ0) is 19.8. The number of carbonyl (C=O) groups excluding carboxylic acids is 2. The van der Waals surface area contributed by atoms with Crippen molar-refractivity contribution in [2.75, 3.05) is 7.11 Å². The summed E-state index contributed by atoms with van der Waals surface area (Å²) < 4.78 is 5.37. The van der Waals surface area contributed by atoms with Crippen LogP contribution in [0.5, 0.6) is 5.75 Å². The summed E-state index contributed by atoms with van der Waals surface area (Å²) in [5.74, 6) is -0.169. The van der Waals surface area contributed by atoms with Crippen LogP contribution in [0.3, 0.4) is 0 Å². The number of hydrogen-bond donors (Lipinski definition) is 2. The quantitative estimate of drug-likeness (QED) is 0.408. The first-order valence-corrected chi connectivity index (χ1v) is 8.75. The van der Waals surface area contributed by atoms with Gasteiger partial charge in [0.15, 0.2) is 0 Å². The van der Waals surface area contributed by atoms with E-state index in [0.29, 0.717) is 16.9 Å². The van der Waals surface area contributed by atoms with E-state index in [0.717, 1.165) is 11.1 Å². The summed E-state index contributed by atoms with van der Waals surface area (Å²) in [6, 6.07) is 25.3. The second kappa shape index (κ2) is 9.19. The molecule has 5 nitrogen and oxygen atoms in total. The van der Waals surface area contributed by atoms with Crippen molar-refractivity contribution in [1.82, 2.24) is 10.9 Å². The minimum atomic E-state index is -0.429. The summed E-state index contributed by atoms with van der Waals surface area (Å²) >= 11 is 0. The molecule has 3 rings (SSSR count). The van der Waals surface area contributed by atoms with Crippen LogP contribution in [0, 0.1) is 0 Å². The Morgan fingerprint density at radius 3 is 1.96 bits per heavy atom. The highest BCUT2D eigenvalue weighted by atomic mass is 16.5. The molecule has 3 aromatic carbocycles. The summed E-state index contributed by atoms with van der Waals surface area (Å²) in [6.45, 7) is 0. The van der Waals surface area contributed by atoms with E-state index in [1.165, 1.54) is 0 Å². The van der Waals surface area contributed by atoms with Gasteiger partial charge >= 0.3 is 0 Å². The van der Waals surface area contributed by atoms with Crippen molar-refractivity contribution in [3.63, 3.8) is 0 Å². The van der Waals surface area contributed by atoms with Crippen molar-refractivity contribution in [2.24, 2.45) is 0 Å². The summed E-state index contributed by atoms with van der Waals surface area (Å²) in [6.07, 6.45) is 1.73. The molecule has 0 radical (unpaired) electrons. The first kappa shape index (κ1) is 18.9. The molecule has 28 heavy (non-hydrogen) atoms. The first-order valence-electron chi connectivity index (χ1n) is 8.75. The lowest BCUT2D eigenvalue weighted by Crippen LogP contribution is -2.42. The minimum absolute atomic E-state index is 0.390. The number of hydrazine groups is 1. The van der Waals surface area contributed by atoms with Crippen LogP contribution in [0.1, 0.15) is 21.5 Å². The highest BCUT2D eigenvalue weighted by Gasteiger charge is 2.14. The van der Waals surface area contributed by atoms with Crippen LogP contribution in [0.15, 0.2) is 84.9 Å². The third-order valence-electron chi connectivity index (χ3n) is 4.09. The van der Waals surface area contributed by atoms with Crippen molar-refractivity contribution < 1.29 is 14.3 Å². The molecule has 140 valence electrons. The lowest BCUT2D eigenvalue weighted by Gasteiger charge is -2.12. The molecule has 0 aromatic heterocycles. The number of nitrogens with one attached hydrogen (secondary N) is 2. The molecule has 0 heterocycles. The standard InChI is InChI=1S/C23H20N2O3/c1-28-21-15-9-8-14-19(21)16-20(17-10-4-2-5-11-17)23(27)25-24-22(26)18-12-6-3-7-13-18/h2-16H,1H3,(H,24,26)(H,25,27)/b20-16+. The number of ether oxygens (including phenoxy) is 1. The van der Waals surface area contributed by atoms with Crippen molar-refractivity contribution in [3.8, 4) is 5.75 Å². The zero-order valence-electron chi connectivity index (χ0n) is 15.4.